The van der Waals surface area contributed by atoms with Crippen molar-refractivity contribution in [1.82, 2.24) is 20.4 Å². The van der Waals surface area contributed by atoms with Crippen LogP contribution in [0.2, 0.25) is 0 Å². The van der Waals surface area contributed by atoms with Crippen molar-refractivity contribution in [2.24, 2.45) is 0 Å². The molecule has 0 atom stereocenters. The van der Waals surface area contributed by atoms with E-state index in [1.807, 2.05) is 18.7 Å². The van der Waals surface area contributed by atoms with Crippen LogP contribution in [0.3, 0.4) is 0 Å². The van der Waals surface area contributed by atoms with Crippen LogP contribution in [-0.2, 0) is 14.3 Å². The van der Waals surface area contributed by atoms with Gasteiger partial charge in [-0.15, -0.1) is 24.8 Å². The summed E-state index contributed by atoms with van der Waals surface area (Å²) in [7, 11) is 1.64. The predicted molar refractivity (Wildman–Crippen MR) is 95.5 cm³/mol. The lowest BCUT2D eigenvalue weighted by Gasteiger charge is -2.34. The van der Waals surface area contributed by atoms with E-state index in [9.17, 15) is 9.59 Å². The van der Waals surface area contributed by atoms with Crippen molar-refractivity contribution in [3.63, 3.8) is 0 Å². The first kappa shape index (κ1) is 24.6. The highest BCUT2D eigenvalue weighted by Crippen LogP contribution is 2.01. The fourth-order valence-electron chi connectivity index (χ4n) is 2.21. The molecule has 2 N–H and O–H groups in total. The van der Waals surface area contributed by atoms with Crippen LogP contribution in [0, 0.1) is 0 Å². The first-order valence-electron chi connectivity index (χ1n) is 7.52. The number of nitrogens with zero attached hydrogens (tertiary/aromatic N) is 2. The zero-order valence-corrected chi connectivity index (χ0v) is 15.8. The van der Waals surface area contributed by atoms with Crippen LogP contribution in [0.5, 0.6) is 0 Å². The number of halogens is 2. The average molecular weight is 373 g/mol. The Morgan fingerprint density at radius 2 is 1.74 bits per heavy atom. The van der Waals surface area contributed by atoms with E-state index in [-0.39, 0.29) is 42.7 Å². The highest BCUT2D eigenvalue weighted by atomic mass is 35.5. The van der Waals surface area contributed by atoms with Gasteiger partial charge in [0.15, 0.2) is 0 Å². The summed E-state index contributed by atoms with van der Waals surface area (Å²) in [6.45, 7) is 8.79. The Hall–Kier alpha value is -0.600. The molecule has 0 aromatic heterocycles. The van der Waals surface area contributed by atoms with E-state index in [0.717, 1.165) is 13.1 Å². The number of rotatable bonds is 8. The van der Waals surface area contributed by atoms with E-state index in [2.05, 4.69) is 15.5 Å². The lowest BCUT2D eigenvalue weighted by Crippen LogP contribution is -2.53. The quantitative estimate of drug-likeness (QED) is 0.574. The fourth-order valence-corrected chi connectivity index (χ4v) is 2.21. The van der Waals surface area contributed by atoms with Gasteiger partial charge in [-0.3, -0.25) is 14.5 Å². The summed E-state index contributed by atoms with van der Waals surface area (Å²) in [5.41, 5.74) is 0. The minimum atomic E-state index is 0. The number of ether oxygens (including phenoxy) is 1. The van der Waals surface area contributed by atoms with Crippen LogP contribution in [0.4, 0.5) is 0 Å². The van der Waals surface area contributed by atoms with Gasteiger partial charge in [-0.05, 0) is 13.8 Å². The molecule has 1 saturated heterocycles. The zero-order chi connectivity index (χ0) is 15.7. The third kappa shape index (κ3) is 10.7. The molecule has 0 bridgehead atoms. The summed E-state index contributed by atoms with van der Waals surface area (Å²) >= 11 is 0. The second-order valence-electron chi connectivity index (χ2n) is 5.55. The third-order valence-corrected chi connectivity index (χ3v) is 3.30. The Kier molecular flexibility index (Phi) is 14.8. The number of amides is 2. The Balaban J connectivity index is 0. The molecule has 0 spiro atoms. The summed E-state index contributed by atoms with van der Waals surface area (Å²) in [6, 6.07) is 0.165. The first-order valence-corrected chi connectivity index (χ1v) is 7.52. The first-order chi connectivity index (χ1) is 10.0. The topological polar surface area (TPSA) is 73.9 Å². The molecule has 2 amide bonds. The molecular weight excluding hydrogens is 343 g/mol. The van der Waals surface area contributed by atoms with Crippen molar-refractivity contribution in [2.75, 3.05) is 59.5 Å². The highest BCUT2D eigenvalue weighted by Gasteiger charge is 2.22. The summed E-state index contributed by atoms with van der Waals surface area (Å²) in [5, 5.41) is 5.94. The normalized spacial score (nSPS) is 14.9. The lowest BCUT2D eigenvalue weighted by atomic mass is 10.3. The van der Waals surface area contributed by atoms with Crippen LogP contribution in [0.15, 0.2) is 0 Å². The molecule has 1 fully saturated rings. The van der Waals surface area contributed by atoms with Crippen molar-refractivity contribution in [3.8, 4) is 0 Å². The molecule has 0 unspecified atom stereocenters. The molecule has 0 aromatic rings. The van der Waals surface area contributed by atoms with E-state index in [4.69, 9.17) is 4.74 Å². The van der Waals surface area contributed by atoms with E-state index in [0.29, 0.717) is 39.3 Å². The van der Waals surface area contributed by atoms with Crippen molar-refractivity contribution < 1.29 is 14.3 Å². The number of methoxy groups -OCH3 is 1. The summed E-state index contributed by atoms with van der Waals surface area (Å²) in [4.78, 5) is 27.6. The summed E-state index contributed by atoms with van der Waals surface area (Å²) in [5.74, 6) is 0.156. The molecule has 0 radical (unpaired) electrons. The molecule has 0 saturated carbocycles. The Labute approximate surface area is 151 Å². The Bertz CT molecular complexity index is 338. The Morgan fingerprint density at radius 3 is 2.26 bits per heavy atom. The lowest BCUT2D eigenvalue weighted by molar-refractivity contribution is -0.132. The van der Waals surface area contributed by atoms with Gasteiger partial charge in [0.05, 0.1) is 19.7 Å². The standard InChI is InChI=1S/C14H28N4O3.2ClH/c1-12(2)16-13(19)11-17-5-7-18(8-6-17)14(20)10-15-4-9-21-3;;/h12,15H,4-11H2,1-3H3,(H,16,19);2*1H. The van der Waals surface area contributed by atoms with E-state index in [1.54, 1.807) is 7.11 Å². The molecule has 23 heavy (non-hydrogen) atoms. The predicted octanol–water partition coefficient (Wildman–Crippen LogP) is -0.265. The molecule has 138 valence electrons. The molecule has 7 nitrogen and oxygen atoms in total. The van der Waals surface area contributed by atoms with Crippen LogP contribution in [0.25, 0.3) is 0 Å². The minimum Gasteiger partial charge on any atom is -0.383 e. The second-order valence-corrected chi connectivity index (χ2v) is 5.55. The van der Waals surface area contributed by atoms with Crippen molar-refractivity contribution in [1.29, 1.82) is 0 Å². The van der Waals surface area contributed by atoms with Crippen molar-refractivity contribution in [2.45, 2.75) is 19.9 Å². The average Bonchev–Trinajstić information content (AvgIpc) is 2.43. The number of piperazine rings is 1. The van der Waals surface area contributed by atoms with E-state index >= 15 is 0 Å². The molecule has 1 aliphatic heterocycles. The number of nitrogens with one attached hydrogen (secondary N) is 2. The maximum Gasteiger partial charge on any atom is 0.236 e. The maximum absolute atomic E-state index is 12.0. The van der Waals surface area contributed by atoms with Gasteiger partial charge in [-0.1, -0.05) is 0 Å². The van der Waals surface area contributed by atoms with Crippen molar-refractivity contribution >= 4 is 36.6 Å². The van der Waals surface area contributed by atoms with Crippen molar-refractivity contribution in [3.05, 3.63) is 0 Å². The van der Waals surface area contributed by atoms with E-state index in [1.165, 1.54) is 0 Å². The molecule has 1 rings (SSSR count). The zero-order valence-electron chi connectivity index (χ0n) is 14.2. The van der Waals surface area contributed by atoms with Gasteiger partial charge in [0.25, 0.3) is 0 Å². The number of hydrogen-bond donors (Lipinski definition) is 2. The molecule has 0 aromatic carbocycles. The molecule has 1 aliphatic rings. The van der Waals surface area contributed by atoms with Crippen LogP contribution < -0.4 is 10.6 Å². The maximum atomic E-state index is 12.0. The minimum absolute atomic E-state index is 0. The van der Waals surface area contributed by atoms with Gasteiger partial charge in [0.2, 0.25) is 11.8 Å². The van der Waals surface area contributed by atoms with Crippen LogP contribution >= 0.6 is 24.8 Å². The molecular formula is C14H30Cl2N4O3. The van der Waals surface area contributed by atoms with Gasteiger partial charge in [0, 0.05) is 45.9 Å². The van der Waals surface area contributed by atoms with E-state index < -0.39 is 0 Å². The molecule has 0 aliphatic carbocycles. The Morgan fingerprint density at radius 1 is 1.13 bits per heavy atom. The van der Waals surface area contributed by atoms with Gasteiger partial charge in [0.1, 0.15) is 0 Å². The number of carbonyl (C=O) groups excluding carboxylic acids is 2. The van der Waals surface area contributed by atoms with Gasteiger partial charge in [-0.2, -0.15) is 0 Å². The van der Waals surface area contributed by atoms with Crippen LogP contribution in [0.1, 0.15) is 13.8 Å². The van der Waals surface area contributed by atoms with Gasteiger partial charge >= 0.3 is 0 Å². The van der Waals surface area contributed by atoms with Gasteiger partial charge < -0.3 is 20.3 Å². The number of hydrogen-bond acceptors (Lipinski definition) is 5. The summed E-state index contributed by atoms with van der Waals surface area (Å²) in [6.07, 6.45) is 0. The number of carbonyl (C=O) groups is 2. The fraction of sp³-hybridized carbons (Fsp3) is 0.857. The smallest absolute Gasteiger partial charge is 0.236 e. The van der Waals surface area contributed by atoms with Gasteiger partial charge in [-0.25, -0.2) is 0 Å². The third-order valence-electron chi connectivity index (χ3n) is 3.30. The second kappa shape index (κ2) is 13.8. The molecule has 1 heterocycles. The summed E-state index contributed by atoms with van der Waals surface area (Å²) < 4.78 is 4.92. The molecule has 9 heteroatoms. The highest BCUT2D eigenvalue weighted by molar-refractivity contribution is 5.85. The van der Waals surface area contributed by atoms with Crippen LogP contribution in [-0.4, -0.2) is 87.2 Å². The monoisotopic (exact) mass is 372 g/mol. The largest absolute Gasteiger partial charge is 0.383 e. The SMILES string of the molecule is COCCNCC(=O)N1CCN(CC(=O)NC(C)C)CC1.Cl.Cl.